The second-order valence-corrected chi connectivity index (χ2v) is 5.07. The van der Waals surface area contributed by atoms with Crippen molar-refractivity contribution in [2.75, 3.05) is 5.73 Å². The maximum absolute atomic E-state index is 11.1. The van der Waals surface area contributed by atoms with Gasteiger partial charge < -0.3 is 10.8 Å². The summed E-state index contributed by atoms with van der Waals surface area (Å²) in [5.74, 6) is -1.07. The molecule has 0 aliphatic rings. The van der Waals surface area contributed by atoms with E-state index in [0.717, 1.165) is 0 Å². The van der Waals surface area contributed by atoms with Gasteiger partial charge in [-0.25, -0.2) is 4.79 Å². The first-order valence-electron chi connectivity index (χ1n) is 4.56. The fourth-order valence-electron chi connectivity index (χ4n) is 1.50. The highest BCUT2D eigenvalue weighted by Gasteiger charge is 2.19. The van der Waals surface area contributed by atoms with E-state index in [1.807, 2.05) is 0 Å². The van der Waals surface area contributed by atoms with Crippen LogP contribution in [0.2, 0.25) is 10.0 Å². The minimum absolute atomic E-state index is 0.0826. The SMILES string of the molecule is Nc1scc(-c2ccc(Cl)cc2Cl)c1C(=O)O. The molecule has 88 valence electrons. The van der Waals surface area contributed by atoms with Crippen molar-refractivity contribution in [3.05, 3.63) is 39.2 Å². The molecule has 3 N–H and O–H groups in total. The average Bonchev–Trinajstić information content (AvgIpc) is 2.60. The third-order valence-corrected chi connectivity index (χ3v) is 3.61. The van der Waals surface area contributed by atoms with Gasteiger partial charge in [-0.1, -0.05) is 29.3 Å². The highest BCUT2D eigenvalue weighted by atomic mass is 35.5. The number of thiophene rings is 1. The molecule has 0 atom stereocenters. The lowest BCUT2D eigenvalue weighted by Crippen LogP contribution is -2.00. The molecule has 1 aromatic carbocycles. The van der Waals surface area contributed by atoms with E-state index >= 15 is 0 Å². The smallest absolute Gasteiger partial charge is 0.339 e. The molecule has 0 amide bonds. The lowest BCUT2D eigenvalue weighted by atomic mass is 10.0. The Morgan fingerprint density at radius 3 is 2.59 bits per heavy atom. The van der Waals surface area contributed by atoms with Gasteiger partial charge in [0.05, 0.1) is 0 Å². The average molecular weight is 288 g/mol. The third-order valence-electron chi connectivity index (χ3n) is 2.25. The van der Waals surface area contributed by atoms with Crippen LogP contribution < -0.4 is 5.73 Å². The number of aromatic carboxylic acids is 1. The number of hydrogen-bond donors (Lipinski definition) is 2. The lowest BCUT2D eigenvalue weighted by Gasteiger charge is -2.04. The molecule has 0 saturated heterocycles. The standard InChI is InChI=1S/C11H7Cl2NO2S/c12-5-1-2-6(8(13)3-5)7-4-17-10(14)9(7)11(15)16/h1-4H,14H2,(H,15,16). The molecule has 0 aliphatic carbocycles. The van der Waals surface area contributed by atoms with Crippen LogP contribution in [0.15, 0.2) is 23.6 Å². The number of carboxylic acid groups (broad SMARTS) is 1. The predicted molar refractivity (Wildman–Crippen MR) is 71.1 cm³/mol. The van der Waals surface area contributed by atoms with E-state index in [0.29, 0.717) is 21.2 Å². The van der Waals surface area contributed by atoms with Crippen molar-refractivity contribution in [1.82, 2.24) is 0 Å². The minimum Gasteiger partial charge on any atom is -0.478 e. The van der Waals surface area contributed by atoms with Crippen molar-refractivity contribution >= 4 is 45.5 Å². The number of halogens is 2. The zero-order valence-electron chi connectivity index (χ0n) is 8.41. The number of hydrogen-bond acceptors (Lipinski definition) is 3. The lowest BCUT2D eigenvalue weighted by molar-refractivity contribution is 0.0699. The zero-order valence-corrected chi connectivity index (χ0v) is 10.7. The van der Waals surface area contributed by atoms with Gasteiger partial charge in [-0.3, -0.25) is 0 Å². The Labute approximate surface area is 111 Å². The van der Waals surface area contributed by atoms with Gasteiger partial charge in [0.2, 0.25) is 0 Å². The molecule has 6 heteroatoms. The number of rotatable bonds is 2. The molecule has 2 aromatic rings. The fourth-order valence-corrected chi connectivity index (χ4v) is 2.81. The Bertz CT molecular complexity index is 595. The summed E-state index contributed by atoms with van der Waals surface area (Å²) < 4.78 is 0. The molecule has 1 heterocycles. The molecule has 1 aromatic heterocycles. The number of nitrogen functional groups attached to an aromatic ring is 1. The Morgan fingerprint density at radius 1 is 1.29 bits per heavy atom. The molecule has 0 aliphatic heterocycles. The van der Waals surface area contributed by atoms with Crippen molar-refractivity contribution in [3.8, 4) is 11.1 Å². The molecule has 3 nitrogen and oxygen atoms in total. The van der Waals surface area contributed by atoms with Crippen molar-refractivity contribution in [1.29, 1.82) is 0 Å². The van der Waals surface area contributed by atoms with E-state index in [4.69, 9.17) is 34.0 Å². The molecule has 0 bridgehead atoms. The quantitative estimate of drug-likeness (QED) is 0.877. The second-order valence-electron chi connectivity index (χ2n) is 3.32. The summed E-state index contributed by atoms with van der Waals surface area (Å²) in [4.78, 5) is 11.1. The van der Waals surface area contributed by atoms with Crippen LogP contribution in [0.4, 0.5) is 5.00 Å². The number of carbonyl (C=O) groups is 1. The Morgan fingerprint density at radius 2 is 2.00 bits per heavy atom. The van der Waals surface area contributed by atoms with Gasteiger partial charge in [0.1, 0.15) is 10.6 Å². The number of benzene rings is 1. The van der Waals surface area contributed by atoms with Crippen LogP contribution in [0.5, 0.6) is 0 Å². The van der Waals surface area contributed by atoms with Gasteiger partial charge in [0.25, 0.3) is 0 Å². The summed E-state index contributed by atoms with van der Waals surface area (Å²) in [5.41, 5.74) is 6.84. The van der Waals surface area contributed by atoms with Crippen LogP contribution in [0.1, 0.15) is 10.4 Å². The highest BCUT2D eigenvalue weighted by molar-refractivity contribution is 7.15. The molecule has 17 heavy (non-hydrogen) atoms. The van der Waals surface area contributed by atoms with Gasteiger partial charge in [-0.2, -0.15) is 0 Å². The zero-order chi connectivity index (χ0) is 12.6. The number of anilines is 1. The van der Waals surface area contributed by atoms with Crippen molar-refractivity contribution in [2.24, 2.45) is 0 Å². The van der Waals surface area contributed by atoms with Crippen LogP contribution in [-0.4, -0.2) is 11.1 Å². The largest absolute Gasteiger partial charge is 0.478 e. The summed E-state index contributed by atoms with van der Waals surface area (Å²) in [5, 5.41) is 11.9. The molecular weight excluding hydrogens is 281 g/mol. The Balaban J connectivity index is 2.65. The summed E-state index contributed by atoms with van der Waals surface area (Å²) in [6.45, 7) is 0. The number of nitrogens with two attached hydrogens (primary N) is 1. The minimum atomic E-state index is -1.07. The van der Waals surface area contributed by atoms with Gasteiger partial charge in [-0.05, 0) is 12.1 Å². The summed E-state index contributed by atoms with van der Waals surface area (Å²) in [6, 6.07) is 4.90. The van der Waals surface area contributed by atoms with Gasteiger partial charge >= 0.3 is 5.97 Å². The van der Waals surface area contributed by atoms with Gasteiger partial charge in [0, 0.05) is 26.6 Å². The maximum atomic E-state index is 11.1. The predicted octanol–water partition coefficient (Wildman–Crippen LogP) is 4.00. The second kappa shape index (κ2) is 4.56. The Hall–Kier alpha value is -1.23. The molecule has 0 fully saturated rings. The topological polar surface area (TPSA) is 63.3 Å². The molecule has 2 rings (SSSR count). The fraction of sp³-hybridized carbons (Fsp3) is 0. The van der Waals surface area contributed by atoms with Crippen LogP contribution in [0.25, 0.3) is 11.1 Å². The van der Waals surface area contributed by atoms with Crippen molar-refractivity contribution in [3.63, 3.8) is 0 Å². The van der Waals surface area contributed by atoms with E-state index in [-0.39, 0.29) is 10.6 Å². The van der Waals surface area contributed by atoms with E-state index in [2.05, 4.69) is 0 Å². The van der Waals surface area contributed by atoms with Crippen molar-refractivity contribution < 1.29 is 9.90 Å². The van der Waals surface area contributed by atoms with E-state index in [1.54, 1.807) is 23.6 Å². The first-order valence-corrected chi connectivity index (χ1v) is 6.20. The molecular formula is C11H7Cl2NO2S. The van der Waals surface area contributed by atoms with Crippen LogP contribution >= 0.6 is 34.5 Å². The van der Waals surface area contributed by atoms with Gasteiger partial charge in [0.15, 0.2) is 0 Å². The monoisotopic (exact) mass is 287 g/mol. The molecule has 0 spiro atoms. The van der Waals surface area contributed by atoms with Crippen LogP contribution in [0.3, 0.4) is 0 Å². The molecule has 0 unspecified atom stereocenters. The van der Waals surface area contributed by atoms with Crippen LogP contribution in [-0.2, 0) is 0 Å². The molecule has 0 saturated carbocycles. The van der Waals surface area contributed by atoms with Crippen molar-refractivity contribution in [2.45, 2.75) is 0 Å². The highest BCUT2D eigenvalue weighted by Crippen LogP contribution is 2.38. The summed E-state index contributed by atoms with van der Waals surface area (Å²) >= 11 is 13.0. The first kappa shape index (κ1) is 12.2. The molecule has 0 radical (unpaired) electrons. The summed E-state index contributed by atoms with van der Waals surface area (Å²) in [6.07, 6.45) is 0. The maximum Gasteiger partial charge on any atom is 0.339 e. The first-order chi connectivity index (χ1) is 8.00. The van der Waals surface area contributed by atoms with Crippen LogP contribution in [0, 0.1) is 0 Å². The summed E-state index contributed by atoms with van der Waals surface area (Å²) in [7, 11) is 0. The Kier molecular flexibility index (Phi) is 3.28. The van der Waals surface area contributed by atoms with Gasteiger partial charge in [-0.15, -0.1) is 11.3 Å². The third kappa shape index (κ3) is 2.24. The van der Waals surface area contributed by atoms with E-state index < -0.39 is 5.97 Å². The van der Waals surface area contributed by atoms with E-state index in [1.165, 1.54) is 11.3 Å². The normalized spacial score (nSPS) is 10.5. The number of carboxylic acids is 1. The van der Waals surface area contributed by atoms with E-state index in [9.17, 15) is 4.79 Å².